The summed E-state index contributed by atoms with van der Waals surface area (Å²) in [4.78, 5) is 11.1. The van der Waals surface area contributed by atoms with Gasteiger partial charge in [0.1, 0.15) is 0 Å². The maximum Gasteiger partial charge on any atom is 0.377 e. The Hall–Kier alpha value is -1.45. The monoisotopic (exact) mass is 366 g/mol. The fourth-order valence-electron chi connectivity index (χ4n) is 3.28. The molecule has 0 saturated heterocycles. The van der Waals surface area contributed by atoms with Crippen LogP contribution in [0.25, 0.3) is 0 Å². The smallest absolute Gasteiger partial charge is 0.377 e. The molecule has 1 atom stereocenters. The molecule has 2 N–H and O–H groups in total. The van der Waals surface area contributed by atoms with Crippen molar-refractivity contribution in [3.63, 3.8) is 0 Å². The molecule has 0 aromatic rings. The standard InChI is InChI=1S/C22H38O4/c1-2-3-4-5-6-7-8-9-10-11-12-13-14-15-16-17-18-19-20(23)21(24)22(25)26-19/h15-16,19,23-24H,2-14,17-18H2,1H3/b16-15-. The molecule has 0 aliphatic carbocycles. The third-order valence-electron chi connectivity index (χ3n) is 4.98. The van der Waals surface area contributed by atoms with Crippen LogP contribution < -0.4 is 0 Å². The Bertz CT molecular complexity index is 439. The first kappa shape index (κ1) is 22.6. The average Bonchev–Trinajstić information content (AvgIpc) is 2.88. The van der Waals surface area contributed by atoms with Gasteiger partial charge in [-0.2, -0.15) is 0 Å². The molecule has 1 unspecified atom stereocenters. The molecule has 4 nitrogen and oxygen atoms in total. The fraction of sp³-hybridized carbons (Fsp3) is 0.773. The van der Waals surface area contributed by atoms with Crippen LogP contribution in [0.2, 0.25) is 0 Å². The second-order valence-corrected chi connectivity index (χ2v) is 7.35. The normalized spacial score (nSPS) is 17.4. The number of hydrogen-bond acceptors (Lipinski definition) is 4. The molecule has 4 heteroatoms. The van der Waals surface area contributed by atoms with Gasteiger partial charge in [0, 0.05) is 0 Å². The lowest BCUT2D eigenvalue weighted by molar-refractivity contribution is -0.142. The van der Waals surface area contributed by atoms with Crippen molar-refractivity contribution in [1.29, 1.82) is 0 Å². The molecule has 0 amide bonds. The number of ether oxygens (including phenoxy) is 1. The first-order chi connectivity index (χ1) is 12.7. The number of esters is 1. The Morgan fingerprint density at radius 3 is 1.81 bits per heavy atom. The molecular weight excluding hydrogens is 328 g/mol. The highest BCUT2D eigenvalue weighted by Crippen LogP contribution is 2.22. The highest BCUT2D eigenvalue weighted by atomic mass is 16.6. The molecule has 0 bridgehead atoms. The molecule has 0 spiro atoms. The Balaban J connectivity index is 1.83. The number of aliphatic hydroxyl groups excluding tert-OH is 2. The van der Waals surface area contributed by atoms with Gasteiger partial charge in [0.15, 0.2) is 11.9 Å². The molecule has 150 valence electrons. The van der Waals surface area contributed by atoms with Crippen LogP contribution in [0.1, 0.15) is 103 Å². The van der Waals surface area contributed by atoms with Crippen molar-refractivity contribution in [2.75, 3.05) is 0 Å². The molecule has 1 heterocycles. The lowest BCUT2D eigenvalue weighted by Gasteiger charge is -2.07. The minimum atomic E-state index is -0.826. The summed E-state index contributed by atoms with van der Waals surface area (Å²) in [5.41, 5.74) is 0. The van der Waals surface area contributed by atoms with Crippen molar-refractivity contribution in [3.8, 4) is 0 Å². The predicted octanol–water partition coefficient (Wildman–Crippen LogP) is 6.67. The second kappa shape index (κ2) is 14.7. The van der Waals surface area contributed by atoms with Crippen molar-refractivity contribution in [2.45, 2.75) is 109 Å². The summed E-state index contributed by atoms with van der Waals surface area (Å²) in [5.74, 6) is -1.80. The van der Waals surface area contributed by atoms with Crippen LogP contribution in [-0.4, -0.2) is 22.3 Å². The number of hydrogen-bond donors (Lipinski definition) is 2. The number of carbonyl (C=O) groups excluding carboxylic acids is 1. The quantitative estimate of drug-likeness (QED) is 0.182. The first-order valence-corrected chi connectivity index (χ1v) is 10.6. The molecule has 0 radical (unpaired) electrons. The van der Waals surface area contributed by atoms with Crippen LogP contribution in [0.4, 0.5) is 0 Å². The zero-order valence-electron chi connectivity index (χ0n) is 16.5. The van der Waals surface area contributed by atoms with E-state index in [1.165, 1.54) is 77.0 Å². The number of unbranched alkanes of at least 4 members (excludes halogenated alkanes) is 12. The molecule has 1 aliphatic heterocycles. The van der Waals surface area contributed by atoms with E-state index in [9.17, 15) is 15.0 Å². The Labute approximate surface area is 159 Å². The van der Waals surface area contributed by atoms with Crippen molar-refractivity contribution >= 4 is 5.97 Å². The van der Waals surface area contributed by atoms with Gasteiger partial charge in [-0.1, -0.05) is 89.7 Å². The van der Waals surface area contributed by atoms with Gasteiger partial charge in [-0.25, -0.2) is 4.79 Å². The van der Waals surface area contributed by atoms with E-state index in [1.807, 2.05) is 0 Å². The van der Waals surface area contributed by atoms with Crippen LogP contribution in [0.15, 0.2) is 23.7 Å². The molecule has 1 aliphatic rings. The zero-order valence-corrected chi connectivity index (χ0v) is 16.5. The molecule has 1 rings (SSSR count). The molecule has 0 saturated carbocycles. The van der Waals surface area contributed by atoms with Crippen molar-refractivity contribution < 1.29 is 19.7 Å². The van der Waals surface area contributed by atoms with Gasteiger partial charge in [-0.05, 0) is 25.7 Å². The molecular formula is C22H38O4. The van der Waals surface area contributed by atoms with E-state index in [0.29, 0.717) is 6.42 Å². The van der Waals surface area contributed by atoms with E-state index >= 15 is 0 Å². The Kier molecular flexibility index (Phi) is 12.8. The van der Waals surface area contributed by atoms with Crippen LogP contribution in [0, 0.1) is 0 Å². The summed E-state index contributed by atoms with van der Waals surface area (Å²) >= 11 is 0. The minimum Gasteiger partial charge on any atom is -0.505 e. The summed E-state index contributed by atoms with van der Waals surface area (Å²) in [6.45, 7) is 2.26. The lowest BCUT2D eigenvalue weighted by atomic mass is 10.0. The second-order valence-electron chi connectivity index (χ2n) is 7.35. The van der Waals surface area contributed by atoms with Gasteiger partial charge >= 0.3 is 5.97 Å². The number of rotatable bonds is 16. The summed E-state index contributed by atoms with van der Waals surface area (Å²) in [5, 5.41) is 18.7. The lowest BCUT2D eigenvalue weighted by Crippen LogP contribution is -2.10. The van der Waals surface area contributed by atoms with Gasteiger partial charge in [0.05, 0.1) is 0 Å². The van der Waals surface area contributed by atoms with Gasteiger partial charge in [0.2, 0.25) is 5.76 Å². The van der Waals surface area contributed by atoms with Crippen molar-refractivity contribution in [1.82, 2.24) is 0 Å². The van der Waals surface area contributed by atoms with Crippen molar-refractivity contribution in [3.05, 3.63) is 23.7 Å². The van der Waals surface area contributed by atoms with E-state index in [2.05, 4.69) is 19.1 Å². The van der Waals surface area contributed by atoms with E-state index < -0.39 is 17.8 Å². The summed E-state index contributed by atoms with van der Waals surface area (Å²) in [7, 11) is 0. The highest BCUT2D eigenvalue weighted by Gasteiger charge is 2.33. The number of allylic oxidation sites excluding steroid dienone is 2. The summed E-state index contributed by atoms with van der Waals surface area (Å²) in [6, 6.07) is 0. The average molecular weight is 367 g/mol. The maximum absolute atomic E-state index is 11.1. The van der Waals surface area contributed by atoms with E-state index in [-0.39, 0.29) is 5.76 Å². The molecule has 0 aromatic heterocycles. The SMILES string of the molecule is CCCCCCCCCCCCCC/C=C\CCC1OC(=O)C(O)=C1O. The van der Waals surface area contributed by atoms with E-state index in [1.54, 1.807) is 0 Å². The number of aliphatic hydroxyl groups is 2. The van der Waals surface area contributed by atoms with E-state index in [0.717, 1.165) is 12.8 Å². The third kappa shape index (κ3) is 9.88. The van der Waals surface area contributed by atoms with E-state index in [4.69, 9.17) is 4.74 Å². The third-order valence-corrected chi connectivity index (χ3v) is 4.98. The van der Waals surface area contributed by atoms with Gasteiger partial charge in [-0.15, -0.1) is 0 Å². The minimum absolute atomic E-state index is 0.329. The number of cyclic esters (lactones) is 1. The summed E-state index contributed by atoms with van der Waals surface area (Å²) < 4.78 is 4.86. The van der Waals surface area contributed by atoms with Crippen LogP contribution in [0.3, 0.4) is 0 Å². The zero-order chi connectivity index (χ0) is 19.0. The van der Waals surface area contributed by atoms with Crippen LogP contribution >= 0.6 is 0 Å². The Morgan fingerprint density at radius 1 is 0.808 bits per heavy atom. The van der Waals surface area contributed by atoms with Gasteiger partial charge in [0.25, 0.3) is 0 Å². The topological polar surface area (TPSA) is 66.8 Å². The predicted molar refractivity (Wildman–Crippen MR) is 106 cm³/mol. The van der Waals surface area contributed by atoms with Crippen molar-refractivity contribution in [2.24, 2.45) is 0 Å². The molecule has 26 heavy (non-hydrogen) atoms. The number of carbonyl (C=O) groups is 1. The Morgan fingerprint density at radius 2 is 1.31 bits per heavy atom. The van der Waals surface area contributed by atoms with Gasteiger partial charge < -0.3 is 14.9 Å². The summed E-state index contributed by atoms with van der Waals surface area (Å²) in [6.07, 6.45) is 22.2. The van der Waals surface area contributed by atoms with Crippen LogP contribution in [0.5, 0.6) is 0 Å². The molecule has 0 aromatic carbocycles. The van der Waals surface area contributed by atoms with Gasteiger partial charge in [-0.3, -0.25) is 0 Å². The highest BCUT2D eigenvalue weighted by molar-refractivity contribution is 5.88. The fourth-order valence-corrected chi connectivity index (χ4v) is 3.28. The van der Waals surface area contributed by atoms with Crippen LogP contribution in [-0.2, 0) is 9.53 Å². The molecule has 0 fully saturated rings. The maximum atomic E-state index is 11.1. The first-order valence-electron chi connectivity index (χ1n) is 10.6. The largest absolute Gasteiger partial charge is 0.505 e.